The first-order chi connectivity index (χ1) is 12.2. The van der Waals surface area contributed by atoms with Crippen molar-refractivity contribution < 1.29 is 27.4 Å². The van der Waals surface area contributed by atoms with Gasteiger partial charge in [0.05, 0.1) is 6.61 Å². The van der Waals surface area contributed by atoms with Crippen molar-refractivity contribution in [3.05, 3.63) is 65.2 Å². The van der Waals surface area contributed by atoms with Gasteiger partial charge >= 0.3 is 0 Å². The number of hydrogen-bond donors (Lipinski definition) is 1. The molecular weight excluding hydrogens is 348 g/mol. The molecule has 1 aliphatic heterocycles. The summed E-state index contributed by atoms with van der Waals surface area (Å²) in [4.78, 5) is 0. The van der Waals surface area contributed by atoms with E-state index >= 15 is 8.78 Å². The predicted octanol–water partition coefficient (Wildman–Crippen LogP) is 4.65. The summed E-state index contributed by atoms with van der Waals surface area (Å²) in [5.74, 6) is -4.78. The van der Waals surface area contributed by atoms with Crippen LogP contribution in [-0.2, 0) is 15.8 Å². The van der Waals surface area contributed by atoms with Crippen molar-refractivity contribution in [2.75, 3.05) is 6.61 Å². The van der Waals surface area contributed by atoms with Crippen molar-refractivity contribution in [1.29, 1.82) is 0 Å². The number of phenols is 1. The summed E-state index contributed by atoms with van der Waals surface area (Å²) in [6.07, 6.45) is 0.833. The lowest BCUT2D eigenvalue weighted by molar-refractivity contribution is -0.306. The van der Waals surface area contributed by atoms with Crippen LogP contribution in [0.15, 0.2) is 42.5 Å². The molecule has 6 heteroatoms. The van der Waals surface area contributed by atoms with Crippen LogP contribution in [0, 0.1) is 17.0 Å². The van der Waals surface area contributed by atoms with E-state index in [-0.39, 0.29) is 37.0 Å². The Balaban J connectivity index is 1.45. The van der Waals surface area contributed by atoms with E-state index in [0.29, 0.717) is 0 Å². The highest BCUT2D eigenvalue weighted by Gasteiger charge is 2.85. The molecule has 0 radical (unpaired) electrons. The summed E-state index contributed by atoms with van der Waals surface area (Å²) >= 11 is 0. The van der Waals surface area contributed by atoms with Gasteiger partial charge in [0.2, 0.25) is 0 Å². The van der Waals surface area contributed by atoms with Gasteiger partial charge in [-0.2, -0.15) is 0 Å². The zero-order valence-corrected chi connectivity index (χ0v) is 13.7. The molecule has 6 rings (SSSR count). The second-order valence-electron chi connectivity index (χ2n) is 7.95. The van der Waals surface area contributed by atoms with Crippen LogP contribution in [0.5, 0.6) is 5.75 Å². The Kier molecular flexibility index (Phi) is 2.85. The maximum atomic E-state index is 15.4. The molecule has 1 heterocycles. The quantitative estimate of drug-likeness (QED) is 0.633. The first-order valence-electron chi connectivity index (χ1n) is 8.51. The van der Waals surface area contributed by atoms with E-state index in [1.165, 1.54) is 0 Å². The van der Waals surface area contributed by atoms with Crippen molar-refractivity contribution in [1.82, 2.24) is 0 Å². The molecular formula is C20H16F4O2. The van der Waals surface area contributed by atoms with Gasteiger partial charge in [-0.15, -0.1) is 0 Å². The summed E-state index contributed by atoms with van der Waals surface area (Å²) in [6.45, 7) is -0.311. The number of halogens is 4. The maximum Gasteiger partial charge on any atom is 0.288 e. The Bertz CT molecular complexity index is 883. The molecule has 0 amide bonds. The zero-order valence-electron chi connectivity index (χ0n) is 13.7. The normalized spacial score (nSPS) is 34.8. The lowest BCUT2D eigenvalue weighted by Gasteiger charge is -2.73. The van der Waals surface area contributed by atoms with Gasteiger partial charge in [0.25, 0.3) is 5.92 Å². The Morgan fingerprint density at radius 3 is 2.15 bits per heavy atom. The minimum absolute atomic E-state index is 0.132. The summed E-state index contributed by atoms with van der Waals surface area (Å²) in [5, 5.41) is 9.39. The Morgan fingerprint density at radius 2 is 1.58 bits per heavy atom. The summed E-state index contributed by atoms with van der Waals surface area (Å²) in [7, 11) is 0. The van der Waals surface area contributed by atoms with Crippen LogP contribution >= 0.6 is 0 Å². The molecule has 2 aromatic carbocycles. The maximum absolute atomic E-state index is 15.4. The van der Waals surface area contributed by atoms with Crippen LogP contribution in [0.3, 0.4) is 0 Å². The molecule has 2 bridgehead atoms. The predicted molar refractivity (Wildman–Crippen MR) is 85.0 cm³/mol. The third-order valence-electron chi connectivity index (χ3n) is 6.48. The average molecular weight is 364 g/mol. The third-order valence-corrected chi connectivity index (χ3v) is 6.48. The number of alkyl halides is 2. The monoisotopic (exact) mass is 364 g/mol. The van der Waals surface area contributed by atoms with Crippen molar-refractivity contribution in [3.8, 4) is 5.75 Å². The van der Waals surface area contributed by atoms with Crippen molar-refractivity contribution >= 4 is 0 Å². The number of epoxide rings is 1. The van der Waals surface area contributed by atoms with Crippen molar-refractivity contribution in [2.45, 2.75) is 36.2 Å². The Labute approximate surface area is 147 Å². The molecule has 4 aliphatic rings. The standard InChI is InChI=1S/C20H16F4O2/c21-13-3-6-16(22)15(7-13)19(11-26-19)20(23,24)18-8-17(9-18,10-18)12-1-4-14(25)5-2-12/h1-7,25H,8-11H2. The van der Waals surface area contributed by atoms with Crippen LogP contribution in [-0.4, -0.2) is 17.6 Å². The lowest BCUT2D eigenvalue weighted by Crippen LogP contribution is -2.74. The highest BCUT2D eigenvalue weighted by molar-refractivity contribution is 5.45. The molecule has 3 aliphatic carbocycles. The lowest BCUT2D eigenvalue weighted by atomic mass is 9.31. The first kappa shape index (κ1) is 16.1. The number of rotatable bonds is 4. The molecule has 136 valence electrons. The molecule has 2 nitrogen and oxygen atoms in total. The third kappa shape index (κ3) is 1.76. The number of ether oxygens (including phenoxy) is 1. The van der Waals surface area contributed by atoms with Gasteiger partial charge in [-0.25, -0.2) is 17.6 Å². The fourth-order valence-corrected chi connectivity index (χ4v) is 5.06. The number of aromatic hydroxyl groups is 1. The van der Waals surface area contributed by atoms with Gasteiger partial charge in [-0.1, -0.05) is 12.1 Å². The van der Waals surface area contributed by atoms with Gasteiger partial charge in [0.15, 0.2) is 5.60 Å². The van der Waals surface area contributed by atoms with Crippen LogP contribution in [0.25, 0.3) is 0 Å². The molecule has 1 saturated heterocycles. The molecule has 0 spiro atoms. The second-order valence-corrected chi connectivity index (χ2v) is 7.95. The summed E-state index contributed by atoms with van der Waals surface area (Å²) in [5.41, 5.74) is -3.10. The molecule has 1 atom stereocenters. The van der Waals surface area contributed by atoms with Crippen molar-refractivity contribution in [2.24, 2.45) is 5.41 Å². The average Bonchev–Trinajstić information content (AvgIpc) is 3.31. The molecule has 2 aromatic rings. The van der Waals surface area contributed by atoms with Gasteiger partial charge in [0, 0.05) is 11.0 Å². The summed E-state index contributed by atoms with van der Waals surface area (Å²) in [6, 6.07) is 9.20. The molecule has 4 fully saturated rings. The van der Waals surface area contributed by atoms with E-state index in [2.05, 4.69) is 0 Å². The van der Waals surface area contributed by atoms with E-state index < -0.39 is 34.1 Å². The van der Waals surface area contributed by atoms with Crippen LogP contribution in [0.1, 0.15) is 30.4 Å². The van der Waals surface area contributed by atoms with E-state index in [1.54, 1.807) is 24.3 Å². The minimum atomic E-state index is -3.28. The summed E-state index contributed by atoms with van der Waals surface area (Å²) < 4.78 is 63.6. The fourth-order valence-electron chi connectivity index (χ4n) is 5.06. The number of hydrogen-bond acceptors (Lipinski definition) is 2. The molecule has 26 heavy (non-hydrogen) atoms. The largest absolute Gasteiger partial charge is 0.508 e. The van der Waals surface area contributed by atoms with Crippen LogP contribution in [0.4, 0.5) is 17.6 Å². The first-order valence-corrected chi connectivity index (χ1v) is 8.51. The van der Waals surface area contributed by atoms with Crippen LogP contribution in [0.2, 0.25) is 0 Å². The SMILES string of the molecule is Oc1ccc(C23CC(C(F)(F)C4(c5cc(F)ccc5F)CO4)(C2)C3)cc1. The molecule has 1 unspecified atom stereocenters. The van der Waals surface area contributed by atoms with E-state index in [0.717, 1.165) is 23.8 Å². The molecule has 3 saturated carbocycles. The highest BCUT2D eigenvalue weighted by Crippen LogP contribution is 2.81. The van der Waals surface area contributed by atoms with Gasteiger partial charge in [0.1, 0.15) is 17.4 Å². The molecule has 1 N–H and O–H groups in total. The highest BCUT2D eigenvalue weighted by atomic mass is 19.3. The van der Waals surface area contributed by atoms with Gasteiger partial charge in [-0.3, -0.25) is 0 Å². The van der Waals surface area contributed by atoms with E-state index in [9.17, 15) is 13.9 Å². The van der Waals surface area contributed by atoms with E-state index in [1.807, 2.05) is 0 Å². The molecule has 0 aromatic heterocycles. The second kappa shape index (κ2) is 4.60. The number of phenolic OH excluding ortho intramolecular Hbond substituents is 1. The van der Waals surface area contributed by atoms with Gasteiger partial charge < -0.3 is 9.84 Å². The Hall–Kier alpha value is -2.08. The smallest absolute Gasteiger partial charge is 0.288 e. The Morgan fingerprint density at radius 1 is 0.962 bits per heavy atom. The topological polar surface area (TPSA) is 32.8 Å². The fraction of sp³-hybridized carbons (Fsp3) is 0.400. The number of benzene rings is 2. The zero-order chi connectivity index (χ0) is 18.4. The van der Waals surface area contributed by atoms with E-state index in [4.69, 9.17) is 4.74 Å². The minimum Gasteiger partial charge on any atom is -0.508 e. The van der Waals surface area contributed by atoms with Crippen LogP contribution < -0.4 is 0 Å². The van der Waals surface area contributed by atoms with Crippen molar-refractivity contribution in [3.63, 3.8) is 0 Å². The van der Waals surface area contributed by atoms with Gasteiger partial charge in [-0.05, 0) is 60.6 Å².